The van der Waals surface area contributed by atoms with Crippen molar-refractivity contribution < 1.29 is 5.11 Å². The van der Waals surface area contributed by atoms with Gasteiger partial charge in [-0.25, -0.2) is 0 Å². The van der Waals surface area contributed by atoms with Gasteiger partial charge in [0.05, 0.1) is 6.10 Å². The molecule has 0 aliphatic heterocycles. The van der Waals surface area contributed by atoms with Crippen LogP contribution in [0.2, 0.25) is 0 Å². The summed E-state index contributed by atoms with van der Waals surface area (Å²) in [4.78, 5) is 0. The van der Waals surface area contributed by atoms with Gasteiger partial charge in [-0.05, 0) is 20.3 Å². The molecule has 0 aromatic carbocycles. The Kier molecular flexibility index (Phi) is 4.88. The zero-order chi connectivity index (χ0) is 8.85. The lowest BCUT2D eigenvalue weighted by Crippen LogP contribution is -2.12. The van der Waals surface area contributed by atoms with Gasteiger partial charge in [0.1, 0.15) is 0 Å². The molecule has 0 heterocycles. The summed E-state index contributed by atoms with van der Waals surface area (Å²) in [5.41, 5.74) is 1.24. The summed E-state index contributed by atoms with van der Waals surface area (Å²) < 4.78 is 0. The summed E-state index contributed by atoms with van der Waals surface area (Å²) in [7, 11) is 0. The Hall–Kier alpha value is -0.560. The van der Waals surface area contributed by atoms with Crippen molar-refractivity contribution in [3.63, 3.8) is 0 Å². The Morgan fingerprint density at radius 1 is 1.45 bits per heavy atom. The van der Waals surface area contributed by atoms with Gasteiger partial charge in [0.15, 0.2) is 0 Å². The van der Waals surface area contributed by atoms with E-state index >= 15 is 0 Å². The number of hydrogen-bond donors (Lipinski definition) is 1. The van der Waals surface area contributed by atoms with Crippen LogP contribution in [0.15, 0.2) is 24.3 Å². The molecule has 1 radical (unpaired) electrons. The van der Waals surface area contributed by atoms with Crippen molar-refractivity contribution in [1.82, 2.24) is 0 Å². The van der Waals surface area contributed by atoms with E-state index in [9.17, 15) is 5.11 Å². The SMILES string of the molecule is C=C[C](C)C(O)CC=C(C)C. The van der Waals surface area contributed by atoms with Gasteiger partial charge < -0.3 is 5.11 Å². The Morgan fingerprint density at radius 3 is 2.36 bits per heavy atom. The standard InChI is InChI=1S/C10H17O/c1-5-9(4)10(11)7-6-8(2)3/h5-6,10-11H,1,7H2,2-4H3. The second-order valence-corrected chi connectivity index (χ2v) is 2.98. The first-order chi connectivity index (χ1) is 5.07. The van der Waals surface area contributed by atoms with Crippen molar-refractivity contribution in [1.29, 1.82) is 0 Å². The maximum atomic E-state index is 9.41. The van der Waals surface area contributed by atoms with E-state index in [1.807, 2.05) is 26.8 Å². The largest absolute Gasteiger partial charge is 0.392 e. The number of aliphatic hydroxyl groups is 1. The quantitative estimate of drug-likeness (QED) is 0.615. The summed E-state index contributed by atoms with van der Waals surface area (Å²) in [5, 5.41) is 9.41. The average molecular weight is 153 g/mol. The summed E-state index contributed by atoms with van der Waals surface area (Å²) in [6.45, 7) is 9.52. The predicted octanol–water partition coefficient (Wildman–Crippen LogP) is 2.48. The van der Waals surface area contributed by atoms with Crippen LogP contribution in [0.4, 0.5) is 0 Å². The summed E-state index contributed by atoms with van der Waals surface area (Å²) in [6, 6.07) is 0. The number of rotatable bonds is 4. The molecule has 11 heavy (non-hydrogen) atoms. The van der Waals surface area contributed by atoms with E-state index in [0.717, 1.165) is 5.92 Å². The van der Waals surface area contributed by atoms with E-state index in [1.165, 1.54) is 5.57 Å². The number of hydrogen-bond acceptors (Lipinski definition) is 1. The fourth-order valence-corrected chi connectivity index (χ4v) is 0.669. The second kappa shape index (κ2) is 5.14. The minimum atomic E-state index is -0.359. The highest BCUT2D eigenvalue weighted by Gasteiger charge is 2.08. The molecular weight excluding hydrogens is 136 g/mol. The third kappa shape index (κ3) is 4.79. The van der Waals surface area contributed by atoms with Crippen molar-refractivity contribution in [2.45, 2.75) is 33.3 Å². The van der Waals surface area contributed by atoms with Crippen molar-refractivity contribution in [2.24, 2.45) is 0 Å². The van der Waals surface area contributed by atoms with E-state index in [0.29, 0.717) is 6.42 Å². The molecule has 0 saturated heterocycles. The molecule has 0 aliphatic carbocycles. The first-order valence-electron chi connectivity index (χ1n) is 3.85. The highest BCUT2D eigenvalue weighted by molar-refractivity contribution is 5.10. The minimum absolute atomic E-state index is 0.359. The molecule has 0 saturated carbocycles. The second-order valence-electron chi connectivity index (χ2n) is 2.98. The third-order valence-corrected chi connectivity index (χ3v) is 1.60. The maximum Gasteiger partial charge on any atom is 0.0671 e. The average Bonchev–Trinajstić information content (AvgIpc) is 1.98. The Bertz CT molecular complexity index is 143. The van der Waals surface area contributed by atoms with Gasteiger partial charge in [-0.15, -0.1) is 6.58 Å². The molecule has 1 atom stereocenters. The lowest BCUT2D eigenvalue weighted by molar-refractivity contribution is 0.197. The van der Waals surface area contributed by atoms with Gasteiger partial charge in [-0.3, -0.25) is 0 Å². The Labute approximate surface area is 69.4 Å². The molecule has 1 N–H and O–H groups in total. The van der Waals surface area contributed by atoms with Crippen LogP contribution in [-0.4, -0.2) is 11.2 Å². The van der Waals surface area contributed by atoms with Crippen molar-refractivity contribution in [2.75, 3.05) is 0 Å². The normalized spacial score (nSPS) is 12.8. The maximum absolute atomic E-state index is 9.41. The Morgan fingerprint density at radius 2 is 2.00 bits per heavy atom. The number of aliphatic hydroxyl groups excluding tert-OH is 1. The predicted molar refractivity (Wildman–Crippen MR) is 49.2 cm³/mol. The molecule has 0 aliphatic rings. The lowest BCUT2D eigenvalue weighted by atomic mass is 10.0. The van der Waals surface area contributed by atoms with E-state index < -0.39 is 0 Å². The van der Waals surface area contributed by atoms with Crippen LogP contribution < -0.4 is 0 Å². The van der Waals surface area contributed by atoms with Crippen molar-refractivity contribution in [3.8, 4) is 0 Å². The van der Waals surface area contributed by atoms with Crippen molar-refractivity contribution in [3.05, 3.63) is 30.2 Å². The van der Waals surface area contributed by atoms with Gasteiger partial charge in [0.25, 0.3) is 0 Å². The molecule has 0 aromatic heterocycles. The van der Waals surface area contributed by atoms with Gasteiger partial charge in [0.2, 0.25) is 0 Å². The molecule has 0 amide bonds. The first-order valence-corrected chi connectivity index (χ1v) is 3.85. The molecule has 1 heteroatoms. The molecule has 0 bridgehead atoms. The molecule has 63 valence electrons. The third-order valence-electron chi connectivity index (χ3n) is 1.60. The summed E-state index contributed by atoms with van der Waals surface area (Å²) >= 11 is 0. The van der Waals surface area contributed by atoms with Crippen LogP contribution in [0.1, 0.15) is 27.2 Å². The smallest absolute Gasteiger partial charge is 0.0671 e. The zero-order valence-electron chi connectivity index (χ0n) is 7.59. The fourth-order valence-electron chi connectivity index (χ4n) is 0.669. The topological polar surface area (TPSA) is 20.2 Å². The van der Waals surface area contributed by atoms with Crippen LogP contribution in [0.5, 0.6) is 0 Å². The van der Waals surface area contributed by atoms with Crippen LogP contribution in [0, 0.1) is 5.92 Å². The van der Waals surface area contributed by atoms with E-state index in [-0.39, 0.29) is 6.10 Å². The molecule has 0 rings (SSSR count). The highest BCUT2D eigenvalue weighted by Crippen LogP contribution is 2.11. The first kappa shape index (κ1) is 10.4. The lowest BCUT2D eigenvalue weighted by Gasteiger charge is -2.11. The minimum Gasteiger partial charge on any atom is -0.392 e. The van der Waals surface area contributed by atoms with Gasteiger partial charge >= 0.3 is 0 Å². The van der Waals surface area contributed by atoms with E-state index in [2.05, 4.69) is 6.58 Å². The van der Waals surface area contributed by atoms with Gasteiger partial charge in [-0.2, -0.15) is 0 Å². The van der Waals surface area contributed by atoms with Crippen molar-refractivity contribution >= 4 is 0 Å². The molecule has 0 aromatic rings. The van der Waals surface area contributed by atoms with Gasteiger partial charge in [-0.1, -0.05) is 24.6 Å². The monoisotopic (exact) mass is 153 g/mol. The van der Waals surface area contributed by atoms with Crippen LogP contribution in [0.3, 0.4) is 0 Å². The zero-order valence-corrected chi connectivity index (χ0v) is 7.59. The van der Waals surface area contributed by atoms with E-state index in [1.54, 1.807) is 6.08 Å². The molecule has 0 spiro atoms. The van der Waals surface area contributed by atoms with E-state index in [4.69, 9.17) is 0 Å². The van der Waals surface area contributed by atoms with Crippen LogP contribution in [-0.2, 0) is 0 Å². The highest BCUT2D eigenvalue weighted by atomic mass is 16.3. The van der Waals surface area contributed by atoms with Gasteiger partial charge in [0, 0.05) is 5.92 Å². The number of allylic oxidation sites excluding steroid dienone is 1. The van der Waals surface area contributed by atoms with Crippen LogP contribution in [0.25, 0.3) is 0 Å². The fraction of sp³-hybridized carbons (Fsp3) is 0.500. The summed E-state index contributed by atoms with van der Waals surface area (Å²) in [5.74, 6) is 0.933. The van der Waals surface area contributed by atoms with Crippen LogP contribution >= 0.6 is 0 Å². The summed E-state index contributed by atoms with van der Waals surface area (Å²) in [6.07, 6.45) is 4.06. The molecule has 0 fully saturated rings. The molecule has 1 unspecified atom stereocenters. The molecular formula is C10H17O. The molecule has 1 nitrogen and oxygen atoms in total. The Balaban J connectivity index is 3.77.